The van der Waals surface area contributed by atoms with Gasteiger partial charge >= 0.3 is 0 Å². The molecule has 0 saturated heterocycles. The van der Waals surface area contributed by atoms with Gasteiger partial charge in [0.05, 0.1) is 13.3 Å². The summed E-state index contributed by atoms with van der Waals surface area (Å²) in [6.07, 6.45) is 2.74. The second-order valence-corrected chi connectivity index (χ2v) is 4.72. The van der Waals surface area contributed by atoms with Gasteiger partial charge in [-0.3, -0.25) is 4.98 Å². The van der Waals surface area contributed by atoms with Crippen LogP contribution in [-0.2, 0) is 6.61 Å². The topological polar surface area (TPSA) is 43.4 Å². The molecule has 0 aliphatic carbocycles. The molecule has 21 heavy (non-hydrogen) atoms. The van der Waals surface area contributed by atoms with Gasteiger partial charge < -0.3 is 14.8 Å². The third-order valence-corrected chi connectivity index (χ3v) is 3.28. The Morgan fingerprint density at radius 1 is 1.24 bits per heavy atom. The summed E-state index contributed by atoms with van der Waals surface area (Å²) in [5, 5.41) is 3.17. The molecule has 2 rings (SSSR count). The molecule has 1 aromatic carbocycles. The molecule has 0 saturated carbocycles. The van der Waals surface area contributed by atoms with E-state index in [1.54, 1.807) is 13.3 Å². The number of hydrogen-bond donors (Lipinski definition) is 1. The lowest BCUT2D eigenvalue weighted by Crippen LogP contribution is -2.12. The normalized spacial score (nSPS) is 12.0. The largest absolute Gasteiger partial charge is 0.493 e. The van der Waals surface area contributed by atoms with Crippen LogP contribution in [0, 0.1) is 5.82 Å². The van der Waals surface area contributed by atoms with Crippen molar-refractivity contribution < 1.29 is 13.9 Å². The molecule has 2 aromatic rings. The smallest absolute Gasteiger partial charge is 0.161 e. The van der Waals surface area contributed by atoms with Crippen LogP contribution in [0.15, 0.2) is 36.7 Å². The monoisotopic (exact) mass is 290 g/mol. The fourth-order valence-electron chi connectivity index (χ4n) is 1.94. The quantitative estimate of drug-likeness (QED) is 0.888. The Kier molecular flexibility index (Phi) is 5.11. The third kappa shape index (κ3) is 3.92. The number of pyridine rings is 1. The van der Waals surface area contributed by atoms with Crippen LogP contribution >= 0.6 is 0 Å². The molecule has 1 unspecified atom stereocenters. The Bertz CT molecular complexity index is 605. The molecule has 0 fully saturated rings. The van der Waals surface area contributed by atoms with Gasteiger partial charge in [-0.1, -0.05) is 6.07 Å². The first kappa shape index (κ1) is 15.3. The first-order valence-corrected chi connectivity index (χ1v) is 6.71. The number of methoxy groups -OCH3 is 1. The predicted octanol–water partition coefficient (Wildman–Crippen LogP) is 3.09. The molecule has 4 nitrogen and oxygen atoms in total. The Balaban J connectivity index is 2.12. The van der Waals surface area contributed by atoms with Crippen molar-refractivity contribution in [2.24, 2.45) is 0 Å². The second kappa shape index (κ2) is 7.04. The molecule has 0 spiro atoms. The summed E-state index contributed by atoms with van der Waals surface area (Å²) in [6.45, 7) is 2.30. The third-order valence-electron chi connectivity index (χ3n) is 3.28. The van der Waals surface area contributed by atoms with Crippen molar-refractivity contribution in [3.8, 4) is 11.5 Å². The van der Waals surface area contributed by atoms with Gasteiger partial charge in [-0.15, -0.1) is 0 Å². The van der Waals surface area contributed by atoms with E-state index >= 15 is 0 Å². The number of halogens is 1. The van der Waals surface area contributed by atoms with Crippen LogP contribution < -0.4 is 14.8 Å². The standard InChI is InChI=1S/C16H19FN2O2/c1-11(18-2)13-4-5-15(16(7-13)20-3)21-10-12-6-14(17)9-19-8-12/h4-9,11,18H,10H2,1-3H3. The SMILES string of the molecule is CNC(C)c1ccc(OCc2cncc(F)c2)c(OC)c1. The highest BCUT2D eigenvalue weighted by molar-refractivity contribution is 5.43. The van der Waals surface area contributed by atoms with E-state index in [4.69, 9.17) is 9.47 Å². The zero-order chi connectivity index (χ0) is 15.2. The number of benzene rings is 1. The van der Waals surface area contributed by atoms with Crippen molar-refractivity contribution in [2.45, 2.75) is 19.6 Å². The molecule has 112 valence electrons. The van der Waals surface area contributed by atoms with Crippen molar-refractivity contribution in [2.75, 3.05) is 14.2 Å². The van der Waals surface area contributed by atoms with Crippen LogP contribution in [0.25, 0.3) is 0 Å². The maximum atomic E-state index is 13.1. The summed E-state index contributed by atoms with van der Waals surface area (Å²) in [5.41, 5.74) is 1.78. The molecule has 1 atom stereocenters. The molecular weight excluding hydrogens is 271 g/mol. The van der Waals surface area contributed by atoms with Crippen molar-refractivity contribution >= 4 is 0 Å². The maximum absolute atomic E-state index is 13.1. The van der Waals surface area contributed by atoms with Gasteiger partial charge in [0.25, 0.3) is 0 Å². The first-order chi connectivity index (χ1) is 10.1. The number of hydrogen-bond acceptors (Lipinski definition) is 4. The summed E-state index contributed by atoms with van der Waals surface area (Å²) in [4.78, 5) is 3.79. The number of aromatic nitrogens is 1. The number of ether oxygens (including phenoxy) is 2. The summed E-state index contributed by atoms with van der Waals surface area (Å²) < 4.78 is 24.1. The molecule has 0 radical (unpaired) electrons. The Labute approximate surface area is 123 Å². The van der Waals surface area contributed by atoms with Gasteiger partial charge in [-0.2, -0.15) is 0 Å². The van der Waals surface area contributed by atoms with Crippen LogP contribution in [0.1, 0.15) is 24.1 Å². The van der Waals surface area contributed by atoms with Gasteiger partial charge in [-0.05, 0) is 37.7 Å². The lowest BCUT2D eigenvalue weighted by Gasteiger charge is -2.15. The van der Waals surface area contributed by atoms with Gasteiger partial charge in [-0.25, -0.2) is 4.39 Å². The van der Waals surface area contributed by atoms with E-state index in [2.05, 4.69) is 17.2 Å². The highest BCUT2D eigenvalue weighted by Gasteiger charge is 2.09. The molecule has 0 aliphatic heterocycles. The first-order valence-electron chi connectivity index (χ1n) is 6.71. The molecular formula is C16H19FN2O2. The highest BCUT2D eigenvalue weighted by Crippen LogP contribution is 2.30. The lowest BCUT2D eigenvalue weighted by atomic mass is 10.1. The van der Waals surface area contributed by atoms with E-state index in [0.717, 1.165) is 11.8 Å². The van der Waals surface area contributed by atoms with Gasteiger partial charge in [0, 0.05) is 17.8 Å². The molecule has 1 N–H and O–H groups in total. The van der Waals surface area contributed by atoms with Crippen LogP contribution in [0.5, 0.6) is 11.5 Å². The van der Waals surface area contributed by atoms with Gasteiger partial charge in [0.2, 0.25) is 0 Å². The van der Waals surface area contributed by atoms with E-state index < -0.39 is 0 Å². The molecule has 0 aliphatic rings. The van der Waals surface area contributed by atoms with Crippen molar-refractivity contribution in [1.82, 2.24) is 10.3 Å². The number of rotatable bonds is 6. The lowest BCUT2D eigenvalue weighted by molar-refractivity contribution is 0.283. The predicted molar refractivity (Wildman–Crippen MR) is 79.0 cm³/mol. The number of nitrogens with one attached hydrogen (secondary N) is 1. The Morgan fingerprint density at radius 2 is 2.05 bits per heavy atom. The van der Waals surface area contributed by atoms with Crippen LogP contribution in [0.2, 0.25) is 0 Å². The molecule has 1 heterocycles. The zero-order valence-corrected chi connectivity index (χ0v) is 12.4. The zero-order valence-electron chi connectivity index (χ0n) is 12.4. The van der Waals surface area contributed by atoms with E-state index in [1.165, 1.54) is 6.07 Å². The van der Waals surface area contributed by atoms with Crippen molar-refractivity contribution in [3.05, 3.63) is 53.6 Å². The fourth-order valence-corrected chi connectivity index (χ4v) is 1.94. The summed E-state index contributed by atoms with van der Waals surface area (Å²) in [6, 6.07) is 7.38. The van der Waals surface area contributed by atoms with Crippen molar-refractivity contribution in [1.29, 1.82) is 0 Å². The minimum Gasteiger partial charge on any atom is -0.493 e. The van der Waals surface area contributed by atoms with Crippen LogP contribution in [0.4, 0.5) is 4.39 Å². The van der Waals surface area contributed by atoms with E-state index in [9.17, 15) is 4.39 Å². The van der Waals surface area contributed by atoms with E-state index in [-0.39, 0.29) is 18.5 Å². The molecule has 0 bridgehead atoms. The average molecular weight is 290 g/mol. The molecule has 5 heteroatoms. The Hall–Kier alpha value is -2.14. The minimum absolute atomic E-state index is 0.223. The molecule has 0 amide bonds. The van der Waals surface area contributed by atoms with Gasteiger partial charge in [0.15, 0.2) is 11.5 Å². The summed E-state index contributed by atoms with van der Waals surface area (Å²) >= 11 is 0. The van der Waals surface area contributed by atoms with Gasteiger partial charge in [0.1, 0.15) is 12.4 Å². The van der Waals surface area contributed by atoms with Crippen molar-refractivity contribution in [3.63, 3.8) is 0 Å². The van der Waals surface area contributed by atoms with E-state index in [0.29, 0.717) is 17.1 Å². The number of nitrogens with zero attached hydrogens (tertiary/aromatic N) is 1. The van der Waals surface area contributed by atoms with E-state index in [1.807, 2.05) is 25.2 Å². The maximum Gasteiger partial charge on any atom is 0.161 e. The van der Waals surface area contributed by atoms with Crippen LogP contribution in [0.3, 0.4) is 0 Å². The average Bonchev–Trinajstić information content (AvgIpc) is 2.52. The minimum atomic E-state index is -0.374. The fraction of sp³-hybridized carbons (Fsp3) is 0.312. The highest BCUT2D eigenvalue weighted by atomic mass is 19.1. The molecule has 1 aromatic heterocycles. The Morgan fingerprint density at radius 3 is 2.71 bits per heavy atom. The van der Waals surface area contributed by atoms with Crippen LogP contribution in [-0.4, -0.2) is 19.1 Å². The summed E-state index contributed by atoms with van der Waals surface area (Å²) in [5.74, 6) is 0.897. The summed E-state index contributed by atoms with van der Waals surface area (Å²) in [7, 11) is 3.50. The second-order valence-electron chi connectivity index (χ2n) is 4.72.